The van der Waals surface area contributed by atoms with Crippen molar-refractivity contribution in [3.05, 3.63) is 29.3 Å². The van der Waals surface area contributed by atoms with E-state index < -0.39 is 6.10 Å². The number of rotatable bonds is 8. The van der Waals surface area contributed by atoms with Gasteiger partial charge in [-0.2, -0.15) is 0 Å². The predicted octanol–water partition coefficient (Wildman–Crippen LogP) is 2.40. The maximum atomic E-state index is 10.2. The maximum absolute atomic E-state index is 10.2. The Morgan fingerprint density at radius 1 is 1.23 bits per heavy atom. The maximum Gasteiger partial charge on any atom is 0.121 e. The van der Waals surface area contributed by atoms with E-state index >= 15 is 0 Å². The summed E-state index contributed by atoms with van der Waals surface area (Å²) < 4.78 is 10.3. The summed E-state index contributed by atoms with van der Waals surface area (Å²) in [7, 11) is 1.61. The number of halogens is 1. The first-order valence-corrected chi connectivity index (χ1v) is 7.15. The third kappa shape index (κ3) is 7.96. The highest BCUT2D eigenvalue weighted by molar-refractivity contribution is 5.85. The van der Waals surface area contributed by atoms with Crippen molar-refractivity contribution in [2.45, 2.75) is 39.0 Å². The zero-order chi connectivity index (χ0) is 15.9. The number of benzene rings is 1. The van der Waals surface area contributed by atoms with E-state index in [1.165, 1.54) is 0 Å². The van der Waals surface area contributed by atoms with Gasteiger partial charge in [-0.1, -0.05) is 6.07 Å². The molecule has 0 amide bonds. The number of ether oxygens (including phenoxy) is 2. The van der Waals surface area contributed by atoms with Crippen molar-refractivity contribution in [2.24, 2.45) is 0 Å². The summed E-state index contributed by atoms with van der Waals surface area (Å²) in [5.41, 5.74) is 1.37. The van der Waals surface area contributed by atoms with Crippen LogP contribution in [0.3, 0.4) is 0 Å². The SMILES string of the molecule is COCCOCc1cc(C(O)CNC(C)(C)C)ccc1O.Cl. The first-order valence-electron chi connectivity index (χ1n) is 7.15. The van der Waals surface area contributed by atoms with Gasteiger partial charge in [0.2, 0.25) is 0 Å². The molecule has 1 aromatic carbocycles. The number of aliphatic hydroxyl groups excluding tert-OH is 1. The lowest BCUT2D eigenvalue weighted by Crippen LogP contribution is -2.38. The molecule has 5 nitrogen and oxygen atoms in total. The van der Waals surface area contributed by atoms with E-state index in [-0.39, 0.29) is 23.7 Å². The zero-order valence-corrected chi connectivity index (χ0v) is 14.6. The molecule has 0 saturated carbocycles. The summed E-state index contributed by atoms with van der Waals surface area (Å²) in [6.45, 7) is 7.87. The molecule has 0 spiro atoms. The first kappa shape index (κ1) is 21.1. The summed E-state index contributed by atoms with van der Waals surface area (Å²) in [5.74, 6) is 0.173. The molecule has 0 aromatic heterocycles. The number of hydrogen-bond acceptors (Lipinski definition) is 5. The molecule has 0 bridgehead atoms. The lowest BCUT2D eigenvalue weighted by Gasteiger charge is -2.23. The minimum Gasteiger partial charge on any atom is -0.508 e. The van der Waals surface area contributed by atoms with Gasteiger partial charge in [-0.3, -0.25) is 0 Å². The van der Waals surface area contributed by atoms with E-state index in [1.807, 2.05) is 20.8 Å². The fourth-order valence-corrected chi connectivity index (χ4v) is 1.77. The van der Waals surface area contributed by atoms with Crippen LogP contribution in [0.1, 0.15) is 38.0 Å². The fraction of sp³-hybridized carbons (Fsp3) is 0.625. The Kier molecular flexibility index (Phi) is 9.64. The number of hydrogen-bond donors (Lipinski definition) is 3. The summed E-state index contributed by atoms with van der Waals surface area (Å²) >= 11 is 0. The number of aromatic hydroxyl groups is 1. The Balaban J connectivity index is 0.00000441. The third-order valence-corrected chi connectivity index (χ3v) is 3.00. The van der Waals surface area contributed by atoms with Crippen LogP contribution in [0, 0.1) is 0 Å². The van der Waals surface area contributed by atoms with Crippen LogP contribution in [0.2, 0.25) is 0 Å². The number of nitrogens with one attached hydrogen (secondary N) is 1. The highest BCUT2D eigenvalue weighted by atomic mass is 35.5. The summed E-state index contributed by atoms with van der Waals surface area (Å²) in [6.07, 6.45) is -0.623. The molecule has 6 heteroatoms. The molecule has 0 heterocycles. The van der Waals surface area contributed by atoms with Gasteiger partial charge in [0.1, 0.15) is 5.75 Å². The second-order valence-corrected chi connectivity index (χ2v) is 6.08. The van der Waals surface area contributed by atoms with Crippen molar-refractivity contribution in [2.75, 3.05) is 26.9 Å². The molecule has 0 fully saturated rings. The van der Waals surface area contributed by atoms with Crippen molar-refractivity contribution in [3.8, 4) is 5.75 Å². The van der Waals surface area contributed by atoms with E-state index in [9.17, 15) is 10.2 Å². The van der Waals surface area contributed by atoms with Crippen LogP contribution in [-0.2, 0) is 16.1 Å². The number of phenolic OH excluding ortho intramolecular Hbond substituents is 1. The summed E-state index contributed by atoms with van der Waals surface area (Å²) in [6, 6.07) is 5.09. The van der Waals surface area contributed by atoms with Gasteiger partial charge in [0.25, 0.3) is 0 Å². The largest absolute Gasteiger partial charge is 0.508 e. The van der Waals surface area contributed by atoms with Gasteiger partial charge >= 0.3 is 0 Å². The first-order chi connectivity index (χ1) is 9.83. The lowest BCUT2D eigenvalue weighted by atomic mass is 10.0. The molecular weight excluding hydrogens is 306 g/mol. The third-order valence-electron chi connectivity index (χ3n) is 3.00. The highest BCUT2D eigenvalue weighted by Gasteiger charge is 2.15. The van der Waals surface area contributed by atoms with Crippen molar-refractivity contribution in [1.29, 1.82) is 0 Å². The van der Waals surface area contributed by atoms with Gasteiger partial charge in [0, 0.05) is 24.8 Å². The molecule has 0 radical (unpaired) electrons. The molecular formula is C16H28ClNO4. The van der Waals surface area contributed by atoms with Gasteiger partial charge in [-0.05, 0) is 38.5 Å². The lowest BCUT2D eigenvalue weighted by molar-refractivity contribution is 0.0607. The summed E-state index contributed by atoms with van der Waals surface area (Å²) in [4.78, 5) is 0. The minimum atomic E-state index is -0.623. The Hall–Kier alpha value is -0.850. The number of methoxy groups -OCH3 is 1. The quantitative estimate of drug-likeness (QED) is 0.637. The van der Waals surface area contributed by atoms with E-state index in [0.29, 0.717) is 31.9 Å². The normalized spacial score (nSPS) is 12.8. The van der Waals surface area contributed by atoms with Crippen LogP contribution < -0.4 is 5.32 Å². The van der Waals surface area contributed by atoms with Gasteiger partial charge in [-0.15, -0.1) is 12.4 Å². The second-order valence-electron chi connectivity index (χ2n) is 6.08. The van der Waals surface area contributed by atoms with Crippen molar-refractivity contribution in [1.82, 2.24) is 5.32 Å². The van der Waals surface area contributed by atoms with Crippen LogP contribution in [-0.4, -0.2) is 42.6 Å². The van der Waals surface area contributed by atoms with E-state index in [4.69, 9.17) is 9.47 Å². The molecule has 0 aliphatic heterocycles. The standard InChI is InChI=1S/C16H27NO4.ClH/c1-16(2,3)17-10-15(19)12-5-6-14(18)13(9-12)11-21-8-7-20-4;/h5-6,9,15,17-19H,7-8,10-11H2,1-4H3;1H. The molecule has 1 unspecified atom stereocenters. The van der Waals surface area contributed by atoms with E-state index in [0.717, 1.165) is 5.56 Å². The highest BCUT2D eigenvalue weighted by Crippen LogP contribution is 2.23. The number of β-amino-alcohol motifs (C(OH)–C–C–N with tert-alkyl or cyclic N) is 1. The monoisotopic (exact) mass is 333 g/mol. The van der Waals surface area contributed by atoms with Crippen LogP contribution in [0.4, 0.5) is 0 Å². The van der Waals surface area contributed by atoms with Gasteiger partial charge in [-0.25, -0.2) is 0 Å². The molecule has 1 rings (SSSR count). The fourth-order valence-electron chi connectivity index (χ4n) is 1.77. The van der Waals surface area contributed by atoms with Crippen molar-refractivity contribution < 1.29 is 19.7 Å². The van der Waals surface area contributed by atoms with Gasteiger partial charge in [0.05, 0.1) is 25.9 Å². The topological polar surface area (TPSA) is 71.0 Å². The van der Waals surface area contributed by atoms with Crippen LogP contribution in [0.15, 0.2) is 18.2 Å². The Bertz CT molecular complexity index is 435. The molecule has 128 valence electrons. The Morgan fingerprint density at radius 3 is 2.50 bits per heavy atom. The minimum absolute atomic E-state index is 0. The molecule has 0 saturated heterocycles. The molecule has 0 aliphatic rings. The van der Waals surface area contributed by atoms with Crippen LogP contribution >= 0.6 is 12.4 Å². The molecule has 1 atom stereocenters. The molecule has 22 heavy (non-hydrogen) atoms. The average Bonchev–Trinajstić information content (AvgIpc) is 2.42. The van der Waals surface area contributed by atoms with Gasteiger partial charge < -0.3 is 25.0 Å². The zero-order valence-electron chi connectivity index (χ0n) is 13.8. The summed E-state index contributed by atoms with van der Waals surface area (Å²) in [5, 5.41) is 23.3. The second kappa shape index (κ2) is 10.0. The van der Waals surface area contributed by atoms with E-state index in [2.05, 4.69) is 5.32 Å². The van der Waals surface area contributed by atoms with Crippen LogP contribution in [0.5, 0.6) is 5.75 Å². The van der Waals surface area contributed by atoms with Crippen molar-refractivity contribution >= 4 is 12.4 Å². The van der Waals surface area contributed by atoms with E-state index in [1.54, 1.807) is 25.3 Å². The molecule has 0 aliphatic carbocycles. The smallest absolute Gasteiger partial charge is 0.121 e. The predicted molar refractivity (Wildman–Crippen MR) is 89.6 cm³/mol. The number of aliphatic hydroxyl groups is 1. The Labute approximate surface area is 139 Å². The number of phenols is 1. The van der Waals surface area contributed by atoms with Crippen molar-refractivity contribution in [3.63, 3.8) is 0 Å². The molecule has 3 N–H and O–H groups in total. The van der Waals surface area contributed by atoms with Crippen LogP contribution in [0.25, 0.3) is 0 Å². The Morgan fingerprint density at radius 2 is 1.91 bits per heavy atom. The molecule has 1 aromatic rings. The van der Waals surface area contributed by atoms with Gasteiger partial charge in [0.15, 0.2) is 0 Å². The average molecular weight is 334 g/mol.